The number of anilines is 3. The van der Waals surface area contributed by atoms with Crippen molar-refractivity contribution in [2.45, 2.75) is 6.92 Å². The van der Waals surface area contributed by atoms with Crippen molar-refractivity contribution in [1.29, 1.82) is 0 Å². The van der Waals surface area contributed by atoms with E-state index in [0.29, 0.717) is 5.69 Å². The summed E-state index contributed by atoms with van der Waals surface area (Å²) >= 11 is 5.77. The van der Waals surface area contributed by atoms with E-state index in [1.807, 2.05) is 24.9 Å². The molecule has 0 aliphatic heterocycles. The number of rotatable bonds is 2. The van der Waals surface area contributed by atoms with Crippen LogP contribution in [0.4, 0.5) is 21.6 Å². The highest BCUT2D eigenvalue weighted by atomic mass is 35.5. The van der Waals surface area contributed by atoms with E-state index in [0.717, 1.165) is 17.1 Å². The molecule has 3 nitrogen and oxygen atoms in total. The van der Waals surface area contributed by atoms with Crippen molar-refractivity contribution in [2.75, 3.05) is 17.7 Å². The predicted molar refractivity (Wildman–Crippen MR) is 72.9 cm³/mol. The van der Waals surface area contributed by atoms with Crippen LogP contribution in [0.15, 0.2) is 30.5 Å². The van der Waals surface area contributed by atoms with Gasteiger partial charge in [-0.05, 0) is 36.8 Å². The molecule has 18 heavy (non-hydrogen) atoms. The molecule has 2 aromatic rings. The molecule has 0 aliphatic rings. The molecule has 0 amide bonds. The third kappa shape index (κ3) is 2.38. The molecule has 94 valence electrons. The molecule has 1 aromatic heterocycles. The van der Waals surface area contributed by atoms with Crippen molar-refractivity contribution in [2.24, 2.45) is 0 Å². The average Bonchev–Trinajstić information content (AvgIpc) is 2.32. The summed E-state index contributed by atoms with van der Waals surface area (Å²) in [5.74, 6) is 0.322. The molecular weight excluding hydrogens is 253 g/mol. The maximum Gasteiger partial charge on any atom is 0.141 e. The van der Waals surface area contributed by atoms with E-state index in [2.05, 4.69) is 4.98 Å². The molecule has 1 heterocycles. The van der Waals surface area contributed by atoms with Crippen LogP contribution in [0.3, 0.4) is 0 Å². The maximum atomic E-state index is 13.1. The first kappa shape index (κ1) is 12.6. The van der Waals surface area contributed by atoms with Crippen molar-refractivity contribution in [3.63, 3.8) is 0 Å². The van der Waals surface area contributed by atoms with Gasteiger partial charge in [-0.2, -0.15) is 0 Å². The predicted octanol–water partition coefficient (Wildman–Crippen LogP) is 3.53. The van der Waals surface area contributed by atoms with Crippen molar-refractivity contribution in [3.8, 4) is 0 Å². The van der Waals surface area contributed by atoms with Crippen LogP contribution in [0.2, 0.25) is 5.02 Å². The molecule has 0 fully saturated rings. The van der Waals surface area contributed by atoms with Crippen LogP contribution in [0.25, 0.3) is 0 Å². The highest BCUT2D eigenvalue weighted by molar-refractivity contribution is 6.31. The molecular formula is C13H13ClFN3. The number of nitrogens with two attached hydrogens (primary N) is 1. The van der Waals surface area contributed by atoms with Gasteiger partial charge in [-0.3, -0.25) is 0 Å². The molecule has 0 unspecified atom stereocenters. The van der Waals surface area contributed by atoms with Crippen LogP contribution >= 0.6 is 11.6 Å². The second-order valence-corrected chi connectivity index (χ2v) is 4.47. The summed E-state index contributed by atoms with van der Waals surface area (Å²) in [7, 11) is 1.84. The largest absolute Gasteiger partial charge is 0.397 e. The molecule has 0 saturated carbocycles. The minimum absolute atomic E-state index is 0.0902. The fraction of sp³-hybridized carbons (Fsp3) is 0.154. The lowest BCUT2D eigenvalue weighted by Gasteiger charge is -2.20. The normalized spacial score (nSPS) is 10.4. The van der Waals surface area contributed by atoms with Crippen LogP contribution < -0.4 is 10.6 Å². The third-order valence-corrected chi connectivity index (χ3v) is 2.97. The Morgan fingerprint density at radius 3 is 2.67 bits per heavy atom. The Hall–Kier alpha value is -1.81. The second-order valence-electron chi connectivity index (χ2n) is 4.07. The fourth-order valence-corrected chi connectivity index (χ4v) is 1.93. The molecule has 0 spiro atoms. The monoisotopic (exact) mass is 265 g/mol. The fourth-order valence-electron chi connectivity index (χ4n) is 1.76. The van der Waals surface area contributed by atoms with E-state index < -0.39 is 5.82 Å². The van der Waals surface area contributed by atoms with Gasteiger partial charge in [0.15, 0.2) is 0 Å². The lowest BCUT2D eigenvalue weighted by atomic mass is 10.2. The van der Waals surface area contributed by atoms with E-state index in [1.54, 1.807) is 18.3 Å². The molecule has 0 aliphatic carbocycles. The molecule has 0 radical (unpaired) electrons. The summed E-state index contributed by atoms with van der Waals surface area (Å²) < 4.78 is 13.1. The lowest BCUT2D eigenvalue weighted by molar-refractivity contribution is 0.628. The first-order chi connectivity index (χ1) is 8.49. The first-order valence-corrected chi connectivity index (χ1v) is 5.77. The Labute approximate surface area is 110 Å². The zero-order chi connectivity index (χ0) is 13.3. The number of benzene rings is 1. The number of aryl methyl sites for hydroxylation is 1. The third-order valence-electron chi connectivity index (χ3n) is 2.68. The van der Waals surface area contributed by atoms with Gasteiger partial charge >= 0.3 is 0 Å². The molecule has 2 N–H and O–H groups in total. The summed E-state index contributed by atoms with van der Waals surface area (Å²) in [6.45, 7) is 1.92. The van der Waals surface area contributed by atoms with Crippen molar-refractivity contribution < 1.29 is 4.39 Å². The smallest absolute Gasteiger partial charge is 0.141 e. The molecule has 5 heteroatoms. The zero-order valence-electron chi connectivity index (χ0n) is 10.1. The number of aromatic nitrogens is 1. The van der Waals surface area contributed by atoms with Gasteiger partial charge in [-0.25, -0.2) is 9.37 Å². The Morgan fingerprint density at radius 2 is 2.06 bits per heavy atom. The second kappa shape index (κ2) is 4.82. The topological polar surface area (TPSA) is 42.1 Å². The summed E-state index contributed by atoms with van der Waals surface area (Å²) in [5.41, 5.74) is 7.98. The standard InChI is InChI=1S/C13H13ClFN3/c1-8-5-9(16)7-17-13(8)18(2)10-3-4-12(15)11(14)6-10/h3-7H,16H2,1-2H3. The summed E-state index contributed by atoms with van der Waals surface area (Å²) in [5, 5.41) is 0.0902. The Morgan fingerprint density at radius 1 is 1.33 bits per heavy atom. The number of pyridine rings is 1. The van der Waals surface area contributed by atoms with Crippen LogP contribution in [0.1, 0.15) is 5.56 Å². The zero-order valence-corrected chi connectivity index (χ0v) is 10.9. The van der Waals surface area contributed by atoms with Crippen molar-refractivity contribution in [3.05, 3.63) is 46.9 Å². The van der Waals surface area contributed by atoms with Crippen LogP contribution in [0, 0.1) is 12.7 Å². The van der Waals surface area contributed by atoms with E-state index in [9.17, 15) is 4.39 Å². The van der Waals surface area contributed by atoms with Crippen LogP contribution in [-0.4, -0.2) is 12.0 Å². The van der Waals surface area contributed by atoms with Gasteiger partial charge in [-0.1, -0.05) is 11.6 Å². The van der Waals surface area contributed by atoms with E-state index in [-0.39, 0.29) is 5.02 Å². The van der Waals surface area contributed by atoms with Gasteiger partial charge in [0.25, 0.3) is 0 Å². The Kier molecular flexibility index (Phi) is 3.39. The average molecular weight is 266 g/mol. The molecule has 0 saturated heterocycles. The summed E-state index contributed by atoms with van der Waals surface area (Å²) in [6.07, 6.45) is 1.59. The van der Waals surface area contributed by atoms with Gasteiger partial charge in [0, 0.05) is 12.7 Å². The quantitative estimate of drug-likeness (QED) is 0.903. The molecule has 0 atom stereocenters. The number of nitrogens with zero attached hydrogens (tertiary/aromatic N) is 2. The minimum atomic E-state index is -0.434. The summed E-state index contributed by atoms with van der Waals surface area (Å²) in [6, 6.07) is 6.39. The van der Waals surface area contributed by atoms with E-state index >= 15 is 0 Å². The summed E-state index contributed by atoms with van der Waals surface area (Å²) in [4.78, 5) is 6.10. The first-order valence-electron chi connectivity index (χ1n) is 5.40. The number of hydrogen-bond donors (Lipinski definition) is 1. The Bertz CT molecular complexity index is 586. The van der Waals surface area contributed by atoms with Crippen LogP contribution in [0.5, 0.6) is 0 Å². The highest BCUT2D eigenvalue weighted by Gasteiger charge is 2.10. The Balaban J connectivity index is 2.41. The van der Waals surface area contributed by atoms with E-state index in [4.69, 9.17) is 17.3 Å². The maximum absolute atomic E-state index is 13.1. The van der Waals surface area contributed by atoms with E-state index in [1.165, 1.54) is 6.07 Å². The molecule has 0 bridgehead atoms. The molecule has 1 aromatic carbocycles. The van der Waals surface area contributed by atoms with Crippen LogP contribution in [-0.2, 0) is 0 Å². The van der Waals surface area contributed by atoms with Gasteiger partial charge in [0.05, 0.1) is 16.9 Å². The number of halogens is 2. The van der Waals surface area contributed by atoms with Gasteiger partial charge < -0.3 is 10.6 Å². The number of hydrogen-bond acceptors (Lipinski definition) is 3. The highest BCUT2D eigenvalue weighted by Crippen LogP contribution is 2.28. The van der Waals surface area contributed by atoms with Crippen molar-refractivity contribution in [1.82, 2.24) is 4.98 Å². The van der Waals surface area contributed by atoms with Gasteiger partial charge in [0.1, 0.15) is 11.6 Å². The lowest BCUT2D eigenvalue weighted by Crippen LogP contribution is -2.13. The molecule has 2 rings (SSSR count). The SMILES string of the molecule is Cc1cc(N)cnc1N(C)c1ccc(F)c(Cl)c1. The number of nitrogen functional groups attached to an aromatic ring is 1. The van der Waals surface area contributed by atoms with Gasteiger partial charge in [-0.15, -0.1) is 0 Å². The van der Waals surface area contributed by atoms with Crippen molar-refractivity contribution >= 4 is 28.8 Å². The van der Waals surface area contributed by atoms with Gasteiger partial charge in [0.2, 0.25) is 0 Å². The minimum Gasteiger partial charge on any atom is -0.397 e.